The summed E-state index contributed by atoms with van der Waals surface area (Å²) in [6.45, 7) is 1.59. The average Bonchev–Trinajstić information content (AvgIpc) is 2.65. The molecule has 1 aromatic carbocycles. The summed E-state index contributed by atoms with van der Waals surface area (Å²) in [5, 5.41) is -0.203. The highest BCUT2D eigenvalue weighted by atomic mass is 35.5. The van der Waals surface area contributed by atoms with Crippen LogP contribution in [0.4, 0.5) is 19.1 Å². The maximum atomic E-state index is 13.0. The van der Waals surface area contributed by atoms with Crippen molar-refractivity contribution < 1.29 is 18.0 Å². The lowest BCUT2D eigenvalue weighted by molar-refractivity contribution is -0.137. The Morgan fingerprint density at radius 3 is 2.50 bits per heavy atom. The van der Waals surface area contributed by atoms with Crippen molar-refractivity contribution in [1.29, 1.82) is 0 Å². The summed E-state index contributed by atoms with van der Waals surface area (Å²) >= 11 is 5.75. The van der Waals surface area contributed by atoms with Crippen molar-refractivity contribution in [2.75, 3.05) is 7.05 Å². The zero-order valence-corrected chi connectivity index (χ0v) is 15.6. The van der Waals surface area contributed by atoms with E-state index < -0.39 is 23.7 Å². The third-order valence-electron chi connectivity index (χ3n) is 3.72. The fourth-order valence-electron chi connectivity index (χ4n) is 2.19. The number of aromatic nitrogens is 2. The van der Waals surface area contributed by atoms with Crippen LogP contribution in [0.15, 0.2) is 46.6 Å². The predicted octanol–water partition coefficient (Wildman–Crippen LogP) is 3.33. The van der Waals surface area contributed by atoms with E-state index in [2.05, 4.69) is 20.0 Å². The molecule has 11 heteroatoms. The number of hydrogen-bond acceptors (Lipinski definition) is 4. The first kappa shape index (κ1) is 21.3. The number of nitrogens with two attached hydrogens (primary N) is 1. The second kappa shape index (κ2) is 8.79. The molecule has 0 spiro atoms. The zero-order valence-electron chi connectivity index (χ0n) is 14.9. The Morgan fingerprint density at radius 1 is 1.29 bits per heavy atom. The van der Waals surface area contributed by atoms with E-state index in [1.54, 1.807) is 13.0 Å². The number of amides is 1. The molecule has 2 N–H and O–H groups in total. The molecule has 0 bridgehead atoms. The molecule has 0 aliphatic rings. The number of alkyl halides is 3. The van der Waals surface area contributed by atoms with Crippen LogP contribution in [-0.2, 0) is 6.18 Å². The number of hydrogen-bond donors (Lipinski definition) is 1. The largest absolute Gasteiger partial charge is 0.416 e. The summed E-state index contributed by atoms with van der Waals surface area (Å²) < 4.78 is 39.0. The van der Waals surface area contributed by atoms with Crippen molar-refractivity contribution in [3.63, 3.8) is 0 Å². The lowest BCUT2D eigenvalue weighted by Gasteiger charge is -2.24. The lowest BCUT2D eigenvalue weighted by atomic mass is 10.1. The van der Waals surface area contributed by atoms with Crippen molar-refractivity contribution in [1.82, 2.24) is 14.9 Å². The Balaban J connectivity index is 2.35. The maximum absolute atomic E-state index is 13.0. The van der Waals surface area contributed by atoms with E-state index >= 15 is 0 Å². The Kier molecular flexibility index (Phi) is 6.68. The molecule has 2 rings (SSSR count). The molecule has 7 nitrogen and oxygen atoms in total. The minimum absolute atomic E-state index is 0.0953. The van der Waals surface area contributed by atoms with Crippen molar-refractivity contribution in [3.8, 4) is 0 Å². The highest BCUT2D eigenvalue weighted by Gasteiger charge is 2.32. The van der Waals surface area contributed by atoms with Gasteiger partial charge in [-0.3, -0.25) is 4.79 Å². The molecule has 1 unspecified atom stereocenters. The SMILES string of the molecule is CC(C(N=CN)=Nc1ncccn1)N(C)C(=O)c1cc(Cl)cc(C(F)(F)F)c1. The van der Waals surface area contributed by atoms with Crippen LogP contribution in [0.5, 0.6) is 0 Å². The molecule has 1 atom stereocenters. The Labute approximate surface area is 163 Å². The number of likely N-dealkylation sites (N-methyl/N-ethyl adjacent to an activating group) is 1. The number of rotatable bonds is 4. The first-order valence-electron chi connectivity index (χ1n) is 7.88. The van der Waals surface area contributed by atoms with Crippen LogP contribution < -0.4 is 5.73 Å². The van der Waals surface area contributed by atoms with Gasteiger partial charge in [-0.2, -0.15) is 18.2 Å². The van der Waals surface area contributed by atoms with Crippen LogP contribution in [0.2, 0.25) is 5.02 Å². The molecular formula is C17H16ClF3N6O. The van der Waals surface area contributed by atoms with Crippen LogP contribution >= 0.6 is 11.6 Å². The minimum atomic E-state index is -4.63. The summed E-state index contributed by atoms with van der Waals surface area (Å²) in [4.78, 5) is 29.8. The molecule has 0 aliphatic heterocycles. The Hall–Kier alpha value is -3.01. The van der Waals surface area contributed by atoms with Crippen molar-refractivity contribution in [3.05, 3.63) is 52.8 Å². The van der Waals surface area contributed by atoms with Gasteiger partial charge in [0.1, 0.15) is 0 Å². The van der Waals surface area contributed by atoms with Gasteiger partial charge in [-0.25, -0.2) is 15.0 Å². The molecule has 1 aromatic heterocycles. The summed E-state index contributed by atoms with van der Waals surface area (Å²) in [6.07, 6.45) is -0.706. The summed E-state index contributed by atoms with van der Waals surface area (Å²) in [7, 11) is 1.40. The van der Waals surface area contributed by atoms with Crippen LogP contribution in [0, 0.1) is 0 Å². The van der Waals surface area contributed by atoms with Crippen molar-refractivity contribution in [2.45, 2.75) is 19.1 Å². The molecule has 1 heterocycles. The molecule has 0 saturated heterocycles. The third-order valence-corrected chi connectivity index (χ3v) is 3.94. The molecule has 148 valence electrons. The van der Waals surface area contributed by atoms with Crippen molar-refractivity contribution in [2.24, 2.45) is 15.7 Å². The van der Waals surface area contributed by atoms with E-state index in [9.17, 15) is 18.0 Å². The first-order valence-corrected chi connectivity index (χ1v) is 8.26. The molecule has 1 amide bonds. The molecule has 0 radical (unpaired) electrons. The number of carbonyl (C=O) groups excluding carboxylic acids is 1. The van der Waals surface area contributed by atoms with E-state index in [-0.39, 0.29) is 22.4 Å². The molecular weight excluding hydrogens is 397 g/mol. The van der Waals surface area contributed by atoms with Gasteiger partial charge in [0.15, 0.2) is 5.84 Å². The summed E-state index contributed by atoms with van der Waals surface area (Å²) in [5.41, 5.74) is 4.10. The molecule has 2 aromatic rings. The van der Waals surface area contributed by atoms with E-state index in [1.165, 1.54) is 24.3 Å². The highest BCUT2D eigenvalue weighted by molar-refractivity contribution is 6.31. The fraction of sp³-hybridized carbons (Fsp3) is 0.235. The van der Waals surface area contributed by atoms with E-state index in [4.69, 9.17) is 17.3 Å². The van der Waals surface area contributed by atoms with Crippen LogP contribution in [-0.4, -0.2) is 46.0 Å². The van der Waals surface area contributed by atoms with Gasteiger partial charge in [-0.05, 0) is 31.2 Å². The number of carbonyl (C=O) groups is 1. The van der Waals surface area contributed by atoms with Crippen molar-refractivity contribution >= 4 is 35.6 Å². The van der Waals surface area contributed by atoms with Gasteiger partial charge in [0, 0.05) is 30.0 Å². The molecule has 28 heavy (non-hydrogen) atoms. The summed E-state index contributed by atoms with van der Waals surface area (Å²) in [6, 6.07) is 3.50. The Morgan fingerprint density at radius 2 is 1.93 bits per heavy atom. The smallest absolute Gasteiger partial charge is 0.390 e. The fourth-order valence-corrected chi connectivity index (χ4v) is 2.42. The quantitative estimate of drug-likeness (QED) is 0.615. The van der Waals surface area contributed by atoms with E-state index in [1.807, 2.05) is 0 Å². The van der Waals surface area contributed by atoms with Crippen LogP contribution in [0.1, 0.15) is 22.8 Å². The van der Waals surface area contributed by atoms with E-state index in [0.717, 1.165) is 24.5 Å². The minimum Gasteiger partial charge on any atom is -0.390 e. The first-order chi connectivity index (χ1) is 13.1. The molecule has 0 saturated carbocycles. The third kappa shape index (κ3) is 5.26. The van der Waals surface area contributed by atoms with Crippen LogP contribution in [0.25, 0.3) is 0 Å². The number of aliphatic imine (C=N–C) groups is 2. The average molecular weight is 413 g/mol. The Bertz CT molecular complexity index is 902. The summed E-state index contributed by atoms with van der Waals surface area (Å²) in [5.74, 6) is -0.505. The normalized spacial score (nSPS) is 13.6. The number of nitrogens with zero attached hydrogens (tertiary/aromatic N) is 5. The number of amidine groups is 1. The number of benzene rings is 1. The van der Waals surface area contributed by atoms with Gasteiger partial charge in [0.25, 0.3) is 11.9 Å². The van der Waals surface area contributed by atoms with E-state index in [0.29, 0.717) is 0 Å². The van der Waals surface area contributed by atoms with Gasteiger partial charge in [-0.1, -0.05) is 11.6 Å². The standard InChI is InChI=1S/C17H16ClF3N6O/c1-10(14(25-9-22)26-16-23-4-3-5-24-16)27(2)15(28)11-6-12(17(19,20)21)8-13(18)7-11/h3-10H,1-2H3,(H2,22,23,24,25,26). The van der Waals surface area contributed by atoms with Gasteiger partial charge >= 0.3 is 6.18 Å². The molecule has 0 aliphatic carbocycles. The monoisotopic (exact) mass is 412 g/mol. The number of halogens is 4. The lowest BCUT2D eigenvalue weighted by Crippen LogP contribution is -2.40. The zero-order chi connectivity index (χ0) is 20.9. The van der Waals surface area contributed by atoms with Gasteiger partial charge < -0.3 is 10.6 Å². The topological polar surface area (TPSA) is 96.8 Å². The van der Waals surface area contributed by atoms with Gasteiger partial charge in [-0.15, -0.1) is 0 Å². The highest BCUT2D eigenvalue weighted by Crippen LogP contribution is 2.32. The second-order valence-corrected chi connectivity index (χ2v) is 6.05. The van der Waals surface area contributed by atoms with Gasteiger partial charge in [0.2, 0.25) is 0 Å². The van der Waals surface area contributed by atoms with Gasteiger partial charge in [0.05, 0.1) is 17.9 Å². The second-order valence-electron chi connectivity index (χ2n) is 5.62. The van der Waals surface area contributed by atoms with Crippen LogP contribution in [0.3, 0.4) is 0 Å². The predicted molar refractivity (Wildman–Crippen MR) is 99.8 cm³/mol. The maximum Gasteiger partial charge on any atom is 0.416 e. The molecule has 0 fully saturated rings.